The molecular weight excluding hydrogens is 182 g/mol. The zero-order valence-electron chi connectivity index (χ0n) is 9.63. The number of benzene rings is 1. The fourth-order valence-electron chi connectivity index (χ4n) is 2.31. The summed E-state index contributed by atoms with van der Waals surface area (Å²) in [7, 11) is 0. The smallest absolute Gasteiger partial charge is 0.00676 e. The Labute approximate surface area is 92.9 Å². The summed E-state index contributed by atoms with van der Waals surface area (Å²) in [6, 6.07) is 9.75. The van der Waals surface area contributed by atoms with Crippen molar-refractivity contribution in [2.75, 3.05) is 6.54 Å². The third-order valence-electron chi connectivity index (χ3n) is 3.30. The minimum absolute atomic E-state index is 0.801. The molecule has 0 radical (unpaired) electrons. The van der Waals surface area contributed by atoms with Crippen molar-refractivity contribution < 1.29 is 0 Å². The molecule has 1 heterocycles. The zero-order chi connectivity index (χ0) is 10.5. The maximum Gasteiger partial charge on any atom is 0.00676 e. The monoisotopic (exact) mass is 203 g/mol. The van der Waals surface area contributed by atoms with E-state index < -0.39 is 0 Å². The van der Waals surface area contributed by atoms with E-state index in [0.717, 1.165) is 6.04 Å². The van der Waals surface area contributed by atoms with Gasteiger partial charge in [-0.3, -0.25) is 0 Å². The van der Waals surface area contributed by atoms with E-state index in [2.05, 4.69) is 36.5 Å². The second kappa shape index (κ2) is 5.32. The Bertz CT molecular complexity index is 283. The molecule has 0 bridgehead atoms. The highest BCUT2D eigenvalue weighted by Gasteiger charge is 2.12. The van der Waals surface area contributed by atoms with E-state index >= 15 is 0 Å². The molecule has 0 spiro atoms. The molecule has 1 nitrogen and oxygen atoms in total. The van der Waals surface area contributed by atoms with E-state index in [9.17, 15) is 0 Å². The molecule has 1 heteroatoms. The van der Waals surface area contributed by atoms with Gasteiger partial charge < -0.3 is 5.32 Å². The topological polar surface area (TPSA) is 12.0 Å². The van der Waals surface area contributed by atoms with Crippen LogP contribution < -0.4 is 5.32 Å². The highest BCUT2D eigenvalue weighted by atomic mass is 14.9. The predicted molar refractivity (Wildman–Crippen MR) is 65.1 cm³/mol. The molecule has 82 valence electrons. The lowest BCUT2D eigenvalue weighted by Gasteiger charge is -2.09. The normalized spacial score (nSPS) is 20.7. The number of aryl methyl sites for hydroxylation is 2. The average Bonchev–Trinajstić information content (AvgIpc) is 2.74. The molecule has 0 amide bonds. The zero-order valence-corrected chi connectivity index (χ0v) is 9.63. The Kier molecular flexibility index (Phi) is 3.79. The quantitative estimate of drug-likeness (QED) is 0.793. The summed E-state index contributed by atoms with van der Waals surface area (Å²) in [5.74, 6) is 0. The van der Waals surface area contributed by atoms with E-state index in [1.165, 1.54) is 49.8 Å². The molecule has 0 aromatic heterocycles. The van der Waals surface area contributed by atoms with Gasteiger partial charge in [0, 0.05) is 6.04 Å². The molecule has 1 aliphatic rings. The first-order valence-corrected chi connectivity index (χ1v) is 6.13. The lowest BCUT2D eigenvalue weighted by atomic mass is 10.0. The van der Waals surface area contributed by atoms with Crippen molar-refractivity contribution in [2.24, 2.45) is 0 Å². The van der Waals surface area contributed by atoms with Gasteiger partial charge in [-0.1, -0.05) is 29.8 Å². The fraction of sp³-hybridized carbons (Fsp3) is 0.571. The van der Waals surface area contributed by atoms with Gasteiger partial charge in [0.15, 0.2) is 0 Å². The van der Waals surface area contributed by atoms with Crippen molar-refractivity contribution in [1.29, 1.82) is 0 Å². The summed E-state index contributed by atoms with van der Waals surface area (Å²) < 4.78 is 0. The molecule has 1 aliphatic heterocycles. The van der Waals surface area contributed by atoms with Crippen molar-refractivity contribution in [3.63, 3.8) is 0 Å². The molecule has 1 saturated heterocycles. The maximum atomic E-state index is 3.55. The van der Waals surface area contributed by atoms with Crippen LogP contribution in [-0.4, -0.2) is 12.6 Å². The lowest BCUT2D eigenvalue weighted by Crippen LogP contribution is -2.20. The molecule has 0 aliphatic carbocycles. The Balaban J connectivity index is 1.71. The molecule has 0 saturated carbocycles. The number of nitrogens with one attached hydrogen (secondary N) is 1. The van der Waals surface area contributed by atoms with E-state index in [1.54, 1.807) is 0 Å². The Morgan fingerprint density at radius 3 is 2.73 bits per heavy atom. The van der Waals surface area contributed by atoms with Gasteiger partial charge in [-0.15, -0.1) is 0 Å². The highest BCUT2D eigenvalue weighted by Crippen LogP contribution is 2.13. The first kappa shape index (κ1) is 10.7. The summed E-state index contributed by atoms with van der Waals surface area (Å²) in [6.07, 6.45) is 6.65. The minimum Gasteiger partial charge on any atom is -0.314 e. The summed E-state index contributed by atoms with van der Waals surface area (Å²) >= 11 is 0. The second-order valence-electron chi connectivity index (χ2n) is 4.67. The van der Waals surface area contributed by atoms with Crippen LogP contribution in [-0.2, 0) is 6.42 Å². The number of rotatable bonds is 4. The van der Waals surface area contributed by atoms with Gasteiger partial charge in [0.1, 0.15) is 0 Å². The van der Waals surface area contributed by atoms with Crippen LogP contribution in [0.4, 0.5) is 0 Å². The first-order valence-electron chi connectivity index (χ1n) is 6.13. The molecule has 1 aromatic carbocycles. The highest BCUT2D eigenvalue weighted by molar-refractivity contribution is 5.21. The Hall–Kier alpha value is -0.820. The Morgan fingerprint density at radius 1 is 1.27 bits per heavy atom. The standard InChI is InChI=1S/C14H21N/c1-12-7-9-13(10-8-12)4-2-5-14-6-3-11-15-14/h7-10,14-15H,2-6,11H2,1H3. The van der Waals surface area contributed by atoms with Gasteiger partial charge >= 0.3 is 0 Å². The van der Waals surface area contributed by atoms with Crippen LogP contribution in [0.1, 0.15) is 36.8 Å². The van der Waals surface area contributed by atoms with Gasteiger partial charge in [0.25, 0.3) is 0 Å². The van der Waals surface area contributed by atoms with E-state index in [4.69, 9.17) is 0 Å². The lowest BCUT2D eigenvalue weighted by molar-refractivity contribution is 0.536. The van der Waals surface area contributed by atoms with Crippen LogP contribution in [0.2, 0.25) is 0 Å². The van der Waals surface area contributed by atoms with Gasteiger partial charge in [-0.2, -0.15) is 0 Å². The van der Waals surface area contributed by atoms with Crippen molar-refractivity contribution in [3.8, 4) is 0 Å². The fourth-order valence-corrected chi connectivity index (χ4v) is 2.31. The average molecular weight is 203 g/mol. The van der Waals surface area contributed by atoms with Gasteiger partial charge in [-0.25, -0.2) is 0 Å². The predicted octanol–water partition coefficient (Wildman–Crippen LogP) is 3.07. The minimum atomic E-state index is 0.801. The maximum absolute atomic E-state index is 3.55. The van der Waals surface area contributed by atoms with E-state index in [-0.39, 0.29) is 0 Å². The summed E-state index contributed by atoms with van der Waals surface area (Å²) in [4.78, 5) is 0. The van der Waals surface area contributed by atoms with Gasteiger partial charge in [0.05, 0.1) is 0 Å². The van der Waals surface area contributed by atoms with Crippen LogP contribution in [0.5, 0.6) is 0 Å². The van der Waals surface area contributed by atoms with Crippen LogP contribution in [0.25, 0.3) is 0 Å². The molecule has 1 fully saturated rings. The van der Waals surface area contributed by atoms with E-state index in [1.807, 2.05) is 0 Å². The number of hydrogen-bond acceptors (Lipinski definition) is 1. The molecule has 1 aromatic rings. The summed E-state index contributed by atoms with van der Waals surface area (Å²) in [5.41, 5.74) is 2.84. The third-order valence-corrected chi connectivity index (χ3v) is 3.30. The second-order valence-corrected chi connectivity index (χ2v) is 4.67. The molecular formula is C14H21N. The molecule has 1 unspecified atom stereocenters. The van der Waals surface area contributed by atoms with Crippen molar-refractivity contribution in [1.82, 2.24) is 5.32 Å². The van der Waals surface area contributed by atoms with Crippen LogP contribution in [0, 0.1) is 6.92 Å². The molecule has 2 rings (SSSR count). The van der Waals surface area contributed by atoms with Crippen molar-refractivity contribution in [2.45, 2.75) is 45.1 Å². The van der Waals surface area contributed by atoms with Crippen LogP contribution in [0.3, 0.4) is 0 Å². The SMILES string of the molecule is Cc1ccc(CCCC2CCCN2)cc1. The van der Waals surface area contributed by atoms with Crippen molar-refractivity contribution >= 4 is 0 Å². The number of hydrogen-bond donors (Lipinski definition) is 1. The van der Waals surface area contributed by atoms with Crippen LogP contribution >= 0.6 is 0 Å². The molecule has 1 atom stereocenters. The van der Waals surface area contributed by atoms with Gasteiger partial charge in [0.2, 0.25) is 0 Å². The summed E-state index contributed by atoms with van der Waals surface area (Å²) in [5, 5.41) is 3.55. The van der Waals surface area contributed by atoms with Crippen LogP contribution in [0.15, 0.2) is 24.3 Å². The first-order chi connectivity index (χ1) is 7.34. The molecule has 15 heavy (non-hydrogen) atoms. The van der Waals surface area contributed by atoms with Crippen molar-refractivity contribution in [3.05, 3.63) is 35.4 Å². The van der Waals surface area contributed by atoms with Gasteiger partial charge in [-0.05, 0) is 51.1 Å². The third kappa shape index (κ3) is 3.35. The van der Waals surface area contributed by atoms with E-state index in [0.29, 0.717) is 0 Å². The largest absolute Gasteiger partial charge is 0.314 e. The summed E-state index contributed by atoms with van der Waals surface area (Å²) in [6.45, 7) is 3.38. The molecule has 1 N–H and O–H groups in total. The Morgan fingerprint density at radius 2 is 2.07 bits per heavy atom.